The quantitative estimate of drug-likeness (QED) is 0.854. The van der Waals surface area contributed by atoms with Gasteiger partial charge in [-0.2, -0.15) is 0 Å². The molecule has 0 saturated carbocycles. The molecule has 1 fully saturated rings. The number of anilines is 1. The Morgan fingerprint density at radius 3 is 2.29 bits per heavy atom. The molecular formula is C18H21N3O3. The van der Waals surface area contributed by atoms with E-state index in [0.29, 0.717) is 18.7 Å². The van der Waals surface area contributed by atoms with E-state index < -0.39 is 0 Å². The third-order valence-corrected chi connectivity index (χ3v) is 4.36. The van der Waals surface area contributed by atoms with Gasteiger partial charge >= 0.3 is 0 Å². The van der Waals surface area contributed by atoms with E-state index in [1.54, 1.807) is 31.3 Å². The van der Waals surface area contributed by atoms with Gasteiger partial charge < -0.3 is 19.1 Å². The van der Waals surface area contributed by atoms with Gasteiger partial charge in [0, 0.05) is 56.7 Å². The van der Waals surface area contributed by atoms with Crippen LogP contribution in [0.5, 0.6) is 5.75 Å². The van der Waals surface area contributed by atoms with Crippen molar-refractivity contribution in [1.29, 1.82) is 0 Å². The maximum absolute atomic E-state index is 12.5. The molecule has 0 radical (unpaired) electrons. The Morgan fingerprint density at radius 2 is 1.71 bits per heavy atom. The van der Waals surface area contributed by atoms with Crippen LogP contribution in [0.4, 0.5) is 5.69 Å². The van der Waals surface area contributed by atoms with Gasteiger partial charge in [-0.15, -0.1) is 0 Å². The molecule has 0 aliphatic carbocycles. The third-order valence-electron chi connectivity index (χ3n) is 4.36. The van der Waals surface area contributed by atoms with E-state index in [2.05, 4.69) is 4.90 Å². The van der Waals surface area contributed by atoms with Crippen molar-refractivity contribution >= 4 is 11.6 Å². The average molecular weight is 327 g/mol. The van der Waals surface area contributed by atoms with Crippen molar-refractivity contribution < 1.29 is 9.53 Å². The van der Waals surface area contributed by atoms with Gasteiger partial charge in [-0.05, 0) is 30.3 Å². The third kappa shape index (κ3) is 3.27. The van der Waals surface area contributed by atoms with Crippen molar-refractivity contribution in [2.75, 3.05) is 38.2 Å². The second kappa shape index (κ2) is 6.78. The largest absolute Gasteiger partial charge is 0.497 e. The zero-order valence-corrected chi connectivity index (χ0v) is 13.9. The highest BCUT2D eigenvalue weighted by molar-refractivity contribution is 5.94. The van der Waals surface area contributed by atoms with E-state index in [0.717, 1.165) is 24.5 Å². The van der Waals surface area contributed by atoms with Crippen molar-refractivity contribution in [2.24, 2.45) is 7.05 Å². The highest BCUT2D eigenvalue weighted by Gasteiger charge is 2.22. The van der Waals surface area contributed by atoms with Crippen LogP contribution in [-0.2, 0) is 7.05 Å². The molecule has 0 atom stereocenters. The molecule has 0 N–H and O–H groups in total. The first-order valence-electron chi connectivity index (χ1n) is 7.93. The van der Waals surface area contributed by atoms with Gasteiger partial charge in [-0.3, -0.25) is 9.59 Å². The smallest absolute Gasteiger partial charge is 0.254 e. The highest BCUT2D eigenvalue weighted by Crippen LogP contribution is 2.20. The first-order chi connectivity index (χ1) is 11.6. The molecule has 0 spiro atoms. The second-order valence-corrected chi connectivity index (χ2v) is 5.84. The maximum Gasteiger partial charge on any atom is 0.254 e. The first kappa shape index (κ1) is 16.1. The number of benzene rings is 1. The number of hydrogen-bond donors (Lipinski definition) is 0. The summed E-state index contributed by atoms with van der Waals surface area (Å²) in [5.41, 5.74) is 1.41. The van der Waals surface area contributed by atoms with Gasteiger partial charge in [0.05, 0.1) is 7.11 Å². The topological polar surface area (TPSA) is 54.8 Å². The Morgan fingerprint density at radius 1 is 1.04 bits per heavy atom. The van der Waals surface area contributed by atoms with Gasteiger partial charge in [-0.25, -0.2) is 0 Å². The number of aromatic nitrogens is 1. The summed E-state index contributed by atoms with van der Waals surface area (Å²) in [7, 11) is 3.32. The molecule has 3 rings (SSSR count). The summed E-state index contributed by atoms with van der Waals surface area (Å²) >= 11 is 0. The molecule has 1 aromatic carbocycles. The molecule has 0 bridgehead atoms. The van der Waals surface area contributed by atoms with Crippen molar-refractivity contribution in [1.82, 2.24) is 9.47 Å². The summed E-state index contributed by atoms with van der Waals surface area (Å²) in [4.78, 5) is 28.3. The zero-order valence-electron chi connectivity index (χ0n) is 13.9. The number of nitrogens with zero attached hydrogens (tertiary/aromatic N) is 3. The molecule has 2 aromatic rings. The van der Waals surface area contributed by atoms with Crippen molar-refractivity contribution in [2.45, 2.75) is 0 Å². The number of hydrogen-bond acceptors (Lipinski definition) is 4. The van der Waals surface area contributed by atoms with E-state index in [4.69, 9.17) is 4.74 Å². The Labute approximate surface area is 140 Å². The number of methoxy groups -OCH3 is 1. The fourth-order valence-electron chi connectivity index (χ4n) is 2.82. The van der Waals surface area contributed by atoms with Gasteiger partial charge in [-0.1, -0.05) is 0 Å². The molecule has 1 saturated heterocycles. The van der Waals surface area contributed by atoms with Gasteiger partial charge in [0.2, 0.25) is 0 Å². The highest BCUT2D eigenvalue weighted by atomic mass is 16.5. The molecule has 1 aliphatic heterocycles. The number of rotatable bonds is 3. The average Bonchev–Trinajstić information content (AvgIpc) is 2.63. The van der Waals surface area contributed by atoms with Crippen LogP contribution >= 0.6 is 0 Å². The first-order valence-corrected chi connectivity index (χ1v) is 7.93. The van der Waals surface area contributed by atoms with E-state index in [1.807, 2.05) is 24.3 Å². The second-order valence-electron chi connectivity index (χ2n) is 5.84. The van der Waals surface area contributed by atoms with Gasteiger partial charge in [0.15, 0.2) is 0 Å². The summed E-state index contributed by atoms with van der Waals surface area (Å²) in [6.45, 7) is 2.81. The lowest BCUT2D eigenvalue weighted by Crippen LogP contribution is -2.49. The molecule has 2 heterocycles. The Hall–Kier alpha value is -2.76. The predicted octanol–water partition coefficient (Wildman–Crippen LogP) is 1.36. The normalized spacial score (nSPS) is 14.6. The minimum absolute atomic E-state index is 0.0814. The summed E-state index contributed by atoms with van der Waals surface area (Å²) in [6.07, 6.45) is 1.63. The van der Waals surface area contributed by atoms with E-state index >= 15 is 0 Å². The number of carbonyl (C=O) groups excluding carboxylic acids is 1. The molecule has 1 aromatic heterocycles. The Kier molecular flexibility index (Phi) is 4.55. The summed E-state index contributed by atoms with van der Waals surface area (Å²) in [5.74, 6) is 0.750. The number of carbonyl (C=O) groups is 1. The molecule has 24 heavy (non-hydrogen) atoms. The van der Waals surface area contributed by atoms with Crippen molar-refractivity contribution in [3.8, 4) is 5.75 Å². The van der Waals surface area contributed by atoms with Crippen LogP contribution in [0.1, 0.15) is 10.4 Å². The summed E-state index contributed by atoms with van der Waals surface area (Å²) in [5, 5.41) is 0. The number of ether oxygens (including phenoxy) is 1. The monoisotopic (exact) mass is 327 g/mol. The number of amides is 1. The Bertz CT molecular complexity index is 775. The summed E-state index contributed by atoms with van der Waals surface area (Å²) in [6, 6.07) is 11.0. The van der Waals surface area contributed by atoms with Crippen LogP contribution in [-0.4, -0.2) is 48.7 Å². The van der Waals surface area contributed by atoms with E-state index in [1.165, 1.54) is 10.6 Å². The van der Waals surface area contributed by atoms with E-state index in [-0.39, 0.29) is 11.5 Å². The number of piperazine rings is 1. The maximum atomic E-state index is 12.5. The zero-order chi connectivity index (χ0) is 17.1. The molecule has 6 nitrogen and oxygen atoms in total. The molecule has 1 amide bonds. The number of pyridine rings is 1. The van der Waals surface area contributed by atoms with Gasteiger partial charge in [0.1, 0.15) is 5.75 Å². The lowest BCUT2D eigenvalue weighted by Gasteiger charge is -2.36. The minimum atomic E-state index is -0.169. The van der Waals surface area contributed by atoms with Crippen LogP contribution in [0.25, 0.3) is 0 Å². The van der Waals surface area contributed by atoms with Crippen LogP contribution in [0, 0.1) is 0 Å². The Balaban J connectivity index is 1.64. The number of aryl methyl sites for hydroxylation is 1. The SMILES string of the molecule is COc1ccc(N2CCN(C(=O)c3ccn(C)c(=O)c3)CC2)cc1. The fraction of sp³-hybridized carbons (Fsp3) is 0.333. The fourth-order valence-corrected chi connectivity index (χ4v) is 2.82. The van der Waals surface area contributed by atoms with Gasteiger partial charge in [0.25, 0.3) is 11.5 Å². The lowest BCUT2D eigenvalue weighted by molar-refractivity contribution is 0.0746. The molecule has 126 valence electrons. The van der Waals surface area contributed by atoms with Crippen LogP contribution in [0.2, 0.25) is 0 Å². The van der Waals surface area contributed by atoms with Crippen LogP contribution in [0.3, 0.4) is 0 Å². The standard InChI is InChI=1S/C18H21N3O3/c1-19-8-7-14(13-17(19)22)18(23)21-11-9-20(10-12-21)15-3-5-16(24-2)6-4-15/h3-8,13H,9-12H2,1-2H3. The lowest BCUT2D eigenvalue weighted by atomic mass is 10.2. The predicted molar refractivity (Wildman–Crippen MR) is 92.8 cm³/mol. The van der Waals surface area contributed by atoms with E-state index in [9.17, 15) is 9.59 Å². The van der Waals surface area contributed by atoms with Crippen LogP contribution in [0.15, 0.2) is 47.4 Å². The molecule has 6 heteroatoms. The van der Waals surface area contributed by atoms with Crippen LogP contribution < -0.4 is 15.2 Å². The van der Waals surface area contributed by atoms with Crippen molar-refractivity contribution in [3.63, 3.8) is 0 Å². The molecule has 1 aliphatic rings. The van der Waals surface area contributed by atoms with Crippen molar-refractivity contribution in [3.05, 3.63) is 58.5 Å². The minimum Gasteiger partial charge on any atom is -0.497 e. The molecule has 0 unspecified atom stereocenters. The molecular weight excluding hydrogens is 306 g/mol. The summed E-state index contributed by atoms with van der Waals surface area (Å²) < 4.78 is 6.63.